The van der Waals surface area contributed by atoms with E-state index < -0.39 is 18.1 Å². The normalized spacial score (nSPS) is 21.7. The van der Waals surface area contributed by atoms with Gasteiger partial charge >= 0.3 is 5.97 Å². The molecule has 6 heteroatoms. The van der Waals surface area contributed by atoms with E-state index in [1.807, 2.05) is 30.3 Å². The molecule has 4 rings (SSSR count). The molecular weight excluding hydrogens is 298 g/mol. The number of rotatable bonds is 3. The molecule has 6 nitrogen and oxygen atoms in total. The Morgan fingerprint density at radius 3 is 2.65 bits per heavy atom. The average Bonchev–Trinajstić information content (AvgIpc) is 3.22. The van der Waals surface area contributed by atoms with E-state index in [-0.39, 0.29) is 6.79 Å². The average molecular weight is 311 g/mol. The van der Waals surface area contributed by atoms with E-state index in [1.165, 1.54) is 0 Å². The molecule has 0 radical (unpaired) electrons. The van der Waals surface area contributed by atoms with Crippen molar-refractivity contribution >= 4 is 11.9 Å². The molecule has 0 saturated carbocycles. The summed E-state index contributed by atoms with van der Waals surface area (Å²) in [5.41, 5.74) is 1.44. The van der Waals surface area contributed by atoms with Crippen molar-refractivity contribution in [1.82, 2.24) is 0 Å². The van der Waals surface area contributed by atoms with Gasteiger partial charge in [0, 0.05) is 5.56 Å². The predicted octanol–water partition coefficient (Wildman–Crippen LogP) is 2.39. The van der Waals surface area contributed by atoms with Crippen molar-refractivity contribution in [2.75, 3.05) is 6.79 Å². The lowest BCUT2D eigenvalue weighted by atomic mass is 10.0. The molecule has 2 aliphatic heterocycles. The van der Waals surface area contributed by atoms with Crippen LogP contribution in [0.15, 0.2) is 53.5 Å². The molecule has 0 aliphatic carbocycles. The summed E-state index contributed by atoms with van der Waals surface area (Å²) in [5, 5.41) is 9.46. The standard InChI is InChI=1S/C17H13NO5/c19-17(20)14-15(11-6-7-12-13(8-11)22-9-21-12)23-16(18-14)10-4-2-1-3-5-10/h1-8,14-15H,9H2,(H,19,20)/t14-,15+/m0/s1. The maximum atomic E-state index is 11.6. The Morgan fingerprint density at radius 2 is 1.87 bits per heavy atom. The quantitative estimate of drug-likeness (QED) is 0.941. The molecule has 0 fully saturated rings. The minimum atomic E-state index is -1.03. The molecule has 1 N–H and O–H groups in total. The van der Waals surface area contributed by atoms with Crippen LogP contribution >= 0.6 is 0 Å². The molecule has 0 aromatic heterocycles. The van der Waals surface area contributed by atoms with Gasteiger partial charge in [0.15, 0.2) is 23.6 Å². The van der Waals surface area contributed by atoms with Gasteiger partial charge in [0.25, 0.3) is 0 Å². The van der Waals surface area contributed by atoms with Crippen LogP contribution < -0.4 is 9.47 Å². The first-order valence-corrected chi connectivity index (χ1v) is 7.14. The van der Waals surface area contributed by atoms with E-state index >= 15 is 0 Å². The van der Waals surface area contributed by atoms with Crippen molar-refractivity contribution < 1.29 is 24.1 Å². The van der Waals surface area contributed by atoms with Gasteiger partial charge in [-0.05, 0) is 29.8 Å². The highest BCUT2D eigenvalue weighted by molar-refractivity contribution is 5.97. The van der Waals surface area contributed by atoms with Gasteiger partial charge in [0.2, 0.25) is 12.7 Å². The fourth-order valence-corrected chi connectivity index (χ4v) is 2.66. The Balaban J connectivity index is 1.68. The van der Waals surface area contributed by atoms with Gasteiger partial charge in [-0.3, -0.25) is 0 Å². The van der Waals surface area contributed by atoms with E-state index in [2.05, 4.69) is 4.99 Å². The molecule has 0 unspecified atom stereocenters. The maximum absolute atomic E-state index is 11.6. The largest absolute Gasteiger partial charge is 0.480 e. The van der Waals surface area contributed by atoms with Crippen molar-refractivity contribution in [3.05, 3.63) is 59.7 Å². The van der Waals surface area contributed by atoms with Crippen LogP contribution in [-0.4, -0.2) is 29.8 Å². The molecule has 2 aromatic rings. The van der Waals surface area contributed by atoms with Crippen LogP contribution in [0.2, 0.25) is 0 Å². The van der Waals surface area contributed by atoms with Crippen molar-refractivity contribution in [3.8, 4) is 11.5 Å². The lowest BCUT2D eigenvalue weighted by Crippen LogP contribution is -2.23. The summed E-state index contributed by atoms with van der Waals surface area (Å²) < 4.78 is 16.5. The van der Waals surface area contributed by atoms with Crippen LogP contribution in [0.4, 0.5) is 0 Å². The van der Waals surface area contributed by atoms with Gasteiger partial charge in [0.05, 0.1) is 0 Å². The fourth-order valence-electron chi connectivity index (χ4n) is 2.66. The highest BCUT2D eigenvalue weighted by atomic mass is 16.7. The number of ether oxygens (including phenoxy) is 3. The van der Waals surface area contributed by atoms with Crippen LogP contribution in [0.5, 0.6) is 11.5 Å². The van der Waals surface area contributed by atoms with Crippen molar-refractivity contribution in [1.29, 1.82) is 0 Å². The first-order valence-electron chi connectivity index (χ1n) is 7.14. The van der Waals surface area contributed by atoms with Gasteiger partial charge in [-0.25, -0.2) is 9.79 Å². The molecule has 0 amide bonds. The van der Waals surface area contributed by atoms with Crippen molar-refractivity contribution in [2.45, 2.75) is 12.1 Å². The number of carboxylic acid groups (broad SMARTS) is 1. The monoisotopic (exact) mass is 311 g/mol. The minimum absolute atomic E-state index is 0.165. The lowest BCUT2D eigenvalue weighted by molar-refractivity contribution is -0.140. The summed E-state index contributed by atoms with van der Waals surface area (Å²) in [6.45, 7) is 0.165. The number of carbonyl (C=O) groups is 1. The minimum Gasteiger partial charge on any atom is -0.480 e. The molecule has 2 atom stereocenters. The highest BCUT2D eigenvalue weighted by Crippen LogP contribution is 2.38. The number of hydrogen-bond acceptors (Lipinski definition) is 5. The van der Waals surface area contributed by atoms with Gasteiger partial charge in [0.1, 0.15) is 0 Å². The lowest BCUT2D eigenvalue weighted by Gasteiger charge is -2.15. The summed E-state index contributed by atoms with van der Waals surface area (Å²) >= 11 is 0. The SMILES string of the molecule is O=C(O)[C@H]1N=C(c2ccccc2)O[C@@H]1c1ccc2c(c1)OCO2. The Hall–Kier alpha value is -3.02. The Labute approximate surface area is 131 Å². The molecule has 0 spiro atoms. The molecular formula is C17H13NO5. The van der Waals surface area contributed by atoms with E-state index in [0.29, 0.717) is 23.0 Å². The van der Waals surface area contributed by atoms with Crippen LogP contribution in [0, 0.1) is 0 Å². The molecule has 23 heavy (non-hydrogen) atoms. The van der Waals surface area contributed by atoms with Crippen LogP contribution in [-0.2, 0) is 9.53 Å². The zero-order valence-corrected chi connectivity index (χ0v) is 12.0. The van der Waals surface area contributed by atoms with E-state index in [0.717, 1.165) is 5.56 Å². The number of nitrogens with zero attached hydrogens (tertiary/aromatic N) is 1. The van der Waals surface area contributed by atoms with E-state index in [1.54, 1.807) is 18.2 Å². The van der Waals surface area contributed by atoms with Gasteiger partial charge < -0.3 is 19.3 Å². The number of benzene rings is 2. The Bertz CT molecular complexity index is 787. The maximum Gasteiger partial charge on any atom is 0.332 e. The third-order valence-corrected chi connectivity index (χ3v) is 3.78. The summed E-state index contributed by atoms with van der Waals surface area (Å²) in [6.07, 6.45) is -0.697. The molecule has 2 aliphatic rings. The first-order chi connectivity index (χ1) is 11.2. The molecule has 0 bridgehead atoms. The molecule has 2 heterocycles. The van der Waals surface area contributed by atoms with E-state index in [9.17, 15) is 9.90 Å². The zero-order valence-electron chi connectivity index (χ0n) is 12.0. The summed E-state index contributed by atoms with van der Waals surface area (Å²) in [6, 6.07) is 13.5. The molecule has 2 aromatic carbocycles. The number of aliphatic carboxylic acids is 1. The predicted molar refractivity (Wildman–Crippen MR) is 80.8 cm³/mol. The van der Waals surface area contributed by atoms with Crippen molar-refractivity contribution in [2.24, 2.45) is 4.99 Å². The molecule has 0 saturated heterocycles. The second kappa shape index (κ2) is 5.31. The summed E-state index contributed by atoms with van der Waals surface area (Å²) in [5.74, 6) is 0.533. The van der Waals surface area contributed by atoms with Crippen LogP contribution in [0.25, 0.3) is 0 Å². The summed E-state index contributed by atoms with van der Waals surface area (Å²) in [4.78, 5) is 15.8. The van der Waals surface area contributed by atoms with E-state index in [4.69, 9.17) is 14.2 Å². The zero-order chi connectivity index (χ0) is 15.8. The number of carboxylic acids is 1. The smallest absolute Gasteiger partial charge is 0.332 e. The highest BCUT2D eigenvalue weighted by Gasteiger charge is 2.38. The number of hydrogen-bond donors (Lipinski definition) is 1. The van der Waals surface area contributed by atoms with Crippen LogP contribution in [0.1, 0.15) is 17.2 Å². The topological polar surface area (TPSA) is 77.4 Å². The third kappa shape index (κ3) is 2.38. The van der Waals surface area contributed by atoms with Gasteiger partial charge in [-0.2, -0.15) is 0 Å². The second-order valence-corrected chi connectivity index (χ2v) is 5.23. The van der Waals surface area contributed by atoms with Crippen molar-refractivity contribution in [3.63, 3.8) is 0 Å². The van der Waals surface area contributed by atoms with Crippen LogP contribution in [0.3, 0.4) is 0 Å². The number of aliphatic imine (C=N–C) groups is 1. The third-order valence-electron chi connectivity index (χ3n) is 3.78. The van der Waals surface area contributed by atoms with Gasteiger partial charge in [-0.1, -0.05) is 24.3 Å². The van der Waals surface area contributed by atoms with Gasteiger partial charge in [-0.15, -0.1) is 0 Å². The Kier molecular flexibility index (Phi) is 3.15. The Morgan fingerprint density at radius 1 is 1.09 bits per heavy atom. The number of fused-ring (bicyclic) bond motifs is 1. The second-order valence-electron chi connectivity index (χ2n) is 5.23. The molecule has 116 valence electrons. The first kappa shape index (κ1) is 13.6. The fraction of sp³-hybridized carbons (Fsp3) is 0.176. The summed E-state index contributed by atoms with van der Waals surface area (Å²) in [7, 11) is 0.